The van der Waals surface area contributed by atoms with Gasteiger partial charge in [0.25, 0.3) is 0 Å². The summed E-state index contributed by atoms with van der Waals surface area (Å²) in [5, 5.41) is 15.9. The number of hydrogen-bond donors (Lipinski definition) is 1. The van der Waals surface area contributed by atoms with Gasteiger partial charge in [0.1, 0.15) is 17.4 Å². The third-order valence-electron chi connectivity index (χ3n) is 14.3. The molecule has 0 saturated carbocycles. The molecule has 64 heavy (non-hydrogen) atoms. The minimum Gasteiger partial charge on any atom is -0.505 e. The highest BCUT2D eigenvalue weighted by molar-refractivity contribution is 6.09. The molecular weight excluding hydrogens is 791 g/mol. The van der Waals surface area contributed by atoms with Crippen LogP contribution in [-0.4, -0.2) is 14.2 Å². The predicted molar refractivity (Wildman–Crippen MR) is 263 cm³/mol. The van der Waals surface area contributed by atoms with Crippen molar-refractivity contribution in [2.75, 3.05) is 0 Å². The highest BCUT2D eigenvalue weighted by Gasteiger charge is 2.39. The molecule has 5 heteroatoms. The van der Waals surface area contributed by atoms with Gasteiger partial charge >= 0.3 is 0 Å². The van der Waals surface area contributed by atoms with Crippen LogP contribution in [-0.2, 0) is 19.3 Å². The van der Waals surface area contributed by atoms with E-state index in [1.54, 1.807) is 24.3 Å². The Labute approximate surface area is 375 Å². The summed E-state index contributed by atoms with van der Waals surface area (Å²) in [6.07, 6.45) is 7.74. The zero-order chi connectivity index (χ0) is 44.4. The number of rotatable bonds is 10. The Kier molecular flexibility index (Phi) is 10.4. The van der Waals surface area contributed by atoms with Crippen LogP contribution in [0.25, 0.3) is 72.4 Å². The van der Waals surface area contributed by atoms with E-state index >= 15 is 8.78 Å². The molecule has 0 atom stereocenters. The molecule has 1 aliphatic rings. The normalized spacial score (nSPS) is 13.0. The highest BCUT2D eigenvalue weighted by Crippen LogP contribution is 2.48. The molecule has 320 valence electrons. The van der Waals surface area contributed by atoms with E-state index in [4.69, 9.17) is 0 Å². The summed E-state index contributed by atoms with van der Waals surface area (Å²) in [5.74, 6) is -0.165. The van der Waals surface area contributed by atoms with Gasteiger partial charge in [0.15, 0.2) is 0 Å². The van der Waals surface area contributed by atoms with Crippen molar-refractivity contribution < 1.29 is 13.9 Å². The van der Waals surface area contributed by atoms with Gasteiger partial charge in [-0.05, 0) is 162 Å². The van der Waals surface area contributed by atoms with Crippen LogP contribution in [0.5, 0.6) is 5.75 Å². The van der Waals surface area contributed by atoms with E-state index in [2.05, 4.69) is 123 Å². The Balaban J connectivity index is 1.09. The first kappa shape index (κ1) is 41.3. The molecule has 1 aliphatic carbocycles. The van der Waals surface area contributed by atoms with E-state index in [1.807, 2.05) is 55.5 Å². The first-order valence-electron chi connectivity index (χ1n) is 22.7. The van der Waals surface area contributed by atoms with Crippen LogP contribution in [0.4, 0.5) is 8.78 Å². The van der Waals surface area contributed by atoms with E-state index in [0.29, 0.717) is 29.7 Å². The minimum atomic E-state index is -0.360. The fourth-order valence-electron chi connectivity index (χ4n) is 11.0. The molecule has 1 N–H and O–H groups in total. The standard InChI is InChI=1S/C59H54F2N2O/c1-36(2)59(37(3)4,34-40-23-25-43(60)32-50(40)42-27-38(5)28-45(31-42)62-53-19-11-7-15-46(53)47-16-8-12-20-54(47)62)35-41-24-26-44(61)33-51(41)52-29-39(6)30-57(58(52)64)63-55-21-13-9-17-48(55)49-18-10-14-22-56(49)63/h7-11,13-19,21-33,36-37,64H,12,20,34-35H2,1-6H3. The van der Waals surface area contributed by atoms with Crippen molar-refractivity contribution in [3.05, 3.63) is 191 Å². The van der Waals surface area contributed by atoms with Gasteiger partial charge in [0, 0.05) is 38.7 Å². The Bertz CT molecular complexity index is 3250. The first-order valence-corrected chi connectivity index (χ1v) is 22.7. The lowest BCUT2D eigenvalue weighted by Gasteiger charge is -2.43. The number of phenols is 1. The molecule has 3 nitrogen and oxygen atoms in total. The van der Waals surface area contributed by atoms with Crippen molar-refractivity contribution in [2.24, 2.45) is 17.3 Å². The molecule has 9 aromatic rings. The average molecular weight is 845 g/mol. The number of aryl methyl sites for hydroxylation is 2. The van der Waals surface area contributed by atoms with Crippen LogP contribution < -0.4 is 0 Å². The fraction of sp³-hybridized carbons (Fsp3) is 0.220. The van der Waals surface area contributed by atoms with Crippen LogP contribution in [0, 0.1) is 42.7 Å². The summed E-state index contributed by atoms with van der Waals surface area (Å²) < 4.78 is 35.8. The zero-order valence-corrected chi connectivity index (χ0v) is 37.5. The molecule has 10 rings (SSSR count). The number of halogens is 2. The number of benzene rings is 7. The van der Waals surface area contributed by atoms with Crippen molar-refractivity contribution in [1.82, 2.24) is 9.13 Å². The number of aromatic nitrogens is 2. The topological polar surface area (TPSA) is 30.1 Å². The molecule has 0 radical (unpaired) electrons. The van der Waals surface area contributed by atoms with Gasteiger partial charge in [0.2, 0.25) is 0 Å². The fourth-order valence-corrected chi connectivity index (χ4v) is 11.0. The minimum absolute atomic E-state index is 0.104. The number of hydrogen-bond acceptors (Lipinski definition) is 1. The van der Waals surface area contributed by atoms with Crippen molar-refractivity contribution in [3.8, 4) is 39.4 Å². The van der Waals surface area contributed by atoms with Crippen LogP contribution in [0.15, 0.2) is 146 Å². The van der Waals surface area contributed by atoms with Crippen LogP contribution in [0.1, 0.15) is 67.6 Å². The number of fused-ring (bicyclic) bond motifs is 6. The van der Waals surface area contributed by atoms with Crippen LogP contribution in [0.3, 0.4) is 0 Å². The summed E-state index contributed by atoms with van der Waals surface area (Å²) in [6.45, 7) is 13.3. The van der Waals surface area contributed by atoms with E-state index in [0.717, 1.165) is 73.7 Å². The molecule has 0 unspecified atom stereocenters. The first-order chi connectivity index (χ1) is 30.9. The molecular formula is C59H54F2N2O. The van der Waals surface area contributed by atoms with Gasteiger partial charge in [-0.2, -0.15) is 0 Å². The molecule has 2 heterocycles. The lowest BCUT2D eigenvalue weighted by atomic mass is 9.61. The quantitative estimate of drug-likeness (QED) is 0.146. The average Bonchev–Trinajstić information content (AvgIpc) is 3.80. The number of nitrogens with zero attached hydrogens (tertiary/aromatic N) is 2. The molecule has 0 spiro atoms. The second-order valence-electron chi connectivity index (χ2n) is 18.8. The summed E-state index contributed by atoms with van der Waals surface area (Å²) in [7, 11) is 0. The van der Waals surface area contributed by atoms with Crippen molar-refractivity contribution >= 4 is 38.8 Å². The monoisotopic (exact) mass is 844 g/mol. The van der Waals surface area contributed by atoms with Crippen molar-refractivity contribution in [2.45, 2.75) is 67.2 Å². The van der Waals surface area contributed by atoms with Gasteiger partial charge in [-0.15, -0.1) is 0 Å². The van der Waals surface area contributed by atoms with Crippen molar-refractivity contribution in [1.29, 1.82) is 0 Å². The van der Waals surface area contributed by atoms with Crippen molar-refractivity contribution in [3.63, 3.8) is 0 Å². The summed E-state index contributed by atoms with van der Waals surface area (Å²) in [4.78, 5) is 0. The lowest BCUT2D eigenvalue weighted by molar-refractivity contribution is 0.111. The number of allylic oxidation sites excluding steroid dienone is 1. The number of para-hydroxylation sites is 3. The molecule has 0 saturated heterocycles. The Morgan fingerprint density at radius 3 is 1.75 bits per heavy atom. The molecule has 0 bridgehead atoms. The lowest BCUT2D eigenvalue weighted by Crippen LogP contribution is -2.38. The third-order valence-corrected chi connectivity index (χ3v) is 14.3. The zero-order valence-electron chi connectivity index (χ0n) is 37.5. The van der Waals surface area contributed by atoms with Crippen LogP contribution in [0.2, 0.25) is 0 Å². The van der Waals surface area contributed by atoms with E-state index in [9.17, 15) is 5.11 Å². The maximum atomic E-state index is 15.7. The predicted octanol–water partition coefficient (Wildman–Crippen LogP) is 15.7. The van der Waals surface area contributed by atoms with Gasteiger partial charge in [-0.1, -0.05) is 113 Å². The van der Waals surface area contributed by atoms with E-state index < -0.39 is 0 Å². The third kappa shape index (κ3) is 6.93. The van der Waals surface area contributed by atoms with Gasteiger partial charge in [0.05, 0.1) is 22.2 Å². The summed E-state index contributed by atoms with van der Waals surface area (Å²) >= 11 is 0. The maximum Gasteiger partial charge on any atom is 0.147 e. The SMILES string of the molecule is Cc1cc(-c2cc(F)ccc2CC(Cc2ccc(F)cc2-c2cc(C)cc(-n3c4ccccc4c4ccccc43)c2O)(C(C)C)C(C)C)cc(-n2c3c(c4ccccc42)C=CCC3)c1. The molecule has 0 aliphatic heterocycles. The number of aromatic hydroxyl groups is 1. The van der Waals surface area contributed by atoms with Gasteiger partial charge in [-0.25, -0.2) is 8.78 Å². The Morgan fingerprint density at radius 1 is 0.578 bits per heavy atom. The maximum absolute atomic E-state index is 15.7. The Hall–Kier alpha value is -6.72. The second-order valence-corrected chi connectivity index (χ2v) is 18.8. The molecule has 7 aromatic carbocycles. The summed E-state index contributed by atoms with van der Waals surface area (Å²) in [5.41, 5.74) is 14.3. The highest BCUT2D eigenvalue weighted by atomic mass is 19.1. The van der Waals surface area contributed by atoms with E-state index in [-0.39, 0.29) is 34.6 Å². The van der Waals surface area contributed by atoms with Gasteiger partial charge < -0.3 is 14.2 Å². The Morgan fingerprint density at radius 2 is 1.12 bits per heavy atom. The molecule has 0 amide bonds. The molecule has 0 fully saturated rings. The van der Waals surface area contributed by atoms with E-state index in [1.165, 1.54) is 22.2 Å². The second kappa shape index (κ2) is 16.1. The summed E-state index contributed by atoms with van der Waals surface area (Å²) in [6, 6.07) is 46.1. The smallest absolute Gasteiger partial charge is 0.147 e. The largest absolute Gasteiger partial charge is 0.505 e. The molecule has 2 aromatic heterocycles. The van der Waals surface area contributed by atoms with Gasteiger partial charge in [-0.3, -0.25) is 0 Å². The van der Waals surface area contributed by atoms with Crippen LogP contribution >= 0.6 is 0 Å². The number of phenolic OH excluding ortho intramolecular Hbond substituents is 1.